The molecule has 8 heteroatoms. The average molecular weight is 393 g/mol. The summed E-state index contributed by atoms with van der Waals surface area (Å²) in [5, 5.41) is -0.0967. The fourth-order valence-corrected chi connectivity index (χ4v) is 3.97. The molecule has 27 heavy (non-hydrogen) atoms. The van der Waals surface area contributed by atoms with Crippen LogP contribution in [0.5, 0.6) is 5.75 Å². The van der Waals surface area contributed by atoms with Crippen LogP contribution in [0.1, 0.15) is 38.5 Å². The molecular weight excluding hydrogens is 375 g/mol. The molecule has 2 aliphatic heterocycles. The molecule has 2 heterocycles. The number of imide groups is 1. The van der Waals surface area contributed by atoms with Gasteiger partial charge < -0.3 is 9.64 Å². The van der Waals surface area contributed by atoms with Gasteiger partial charge in [-0.25, -0.2) is 14.1 Å². The lowest BCUT2D eigenvalue weighted by Crippen LogP contribution is -2.33. The molecule has 1 aliphatic carbocycles. The summed E-state index contributed by atoms with van der Waals surface area (Å²) in [7, 11) is 0. The molecule has 1 aromatic carbocycles. The average Bonchev–Trinajstić information content (AvgIpc) is 3.27. The highest BCUT2D eigenvalue weighted by molar-refractivity contribution is 6.34. The Balaban J connectivity index is 1.64. The summed E-state index contributed by atoms with van der Waals surface area (Å²) in [6.45, 7) is 1.18. The number of likely N-dealkylation sites (tertiary alicyclic amines) is 1. The molecule has 1 aromatic rings. The number of halogens is 2. The molecule has 1 saturated heterocycles. The summed E-state index contributed by atoms with van der Waals surface area (Å²) in [4.78, 5) is 39.9. The van der Waals surface area contributed by atoms with Gasteiger partial charge in [0.1, 0.15) is 5.82 Å². The van der Waals surface area contributed by atoms with Gasteiger partial charge in [0.25, 0.3) is 11.8 Å². The van der Waals surface area contributed by atoms with E-state index in [1.807, 2.05) is 0 Å². The number of carbonyl (C=O) groups is 3. The predicted octanol–water partition coefficient (Wildman–Crippen LogP) is 3.82. The predicted molar refractivity (Wildman–Crippen MR) is 96.2 cm³/mol. The number of hydrogen-bond donors (Lipinski definition) is 0. The van der Waals surface area contributed by atoms with Gasteiger partial charge in [0.15, 0.2) is 5.75 Å². The van der Waals surface area contributed by atoms with Gasteiger partial charge in [-0.1, -0.05) is 11.6 Å². The second-order valence-corrected chi connectivity index (χ2v) is 7.31. The molecule has 3 amide bonds. The fraction of sp³-hybridized carbons (Fsp3) is 0.421. The van der Waals surface area contributed by atoms with Crippen LogP contribution < -0.4 is 9.64 Å². The summed E-state index contributed by atoms with van der Waals surface area (Å²) >= 11 is 6.02. The van der Waals surface area contributed by atoms with Crippen LogP contribution in [-0.4, -0.2) is 35.9 Å². The number of hydrogen-bond acceptors (Lipinski definition) is 4. The minimum absolute atomic E-state index is 0.0737. The Morgan fingerprint density at radius 1 is 1.00 bits per heavy atom. The Kier molecular flexibility index (Phi) is 4.63. The Labute approximate surface area is 160 Å². The third kappa shape index (κ3) is 3.10. The van der Waals surface area contributed by atoms with Crippen molar-refractivity contribution in [1.82, 2.24) is 4.90 Å². The van der Waals surface area contributed by atoms with Gasteiger partial charge in [0.05, 0.1) is 10.7 Å². The maximum absolute atomic E-state index is 14.5. The molecule has 3 aliphatic rings. The van der Waals surface area contributed by atoms with Crippen LogP contribution in [0, 0.1) is 5.82 Å². The molecule has 0 unspecified atom stereocenters. The molecule has 4 rings (SSSR count). The topological polar surface area (TPSA) is 66.9 Å². The third-order valence-electron chi connectivity index (χ3n) is 5.19. The SMILES string of the molecule is O=C(Oc1cc(N2C(=O)C3=C(CCCC3)C2=O)c(F)cc1Cl)N1CCCC1. The van der Waals surface area contributed by atoms with E-state index in [9.17, 15) is 18.8 Å². The monoisotopic (exact) mass is 392 g/mol. The standard InChI is InChI=1S/C19H18ClFN2O4/c20-13-9-14(21)15(10-16(13)27-19(26)22-7-3-4-8-22)23-17(24)11-5-1-2-6-12(11)18(23)25/h9-10H,1-8H2. The van der Waals surface area contributed by atoms with Crippen molar-refractivity contribution in [2.24, 2.45) is 0 Å². The quantitative estimate of drug-likeness (QED) is 0.717. The first kappa shape index (κ1) is 18.0. The van der Waals surface area contributed by atoms with E-state index >= 15 is 0 Å². The van der Waals surface area contributed by atoms with Gasteiger partial charge in [-0.15, -0.1) is 0 Å². The number of anilines is 1. The lowest BCUT2D eigenvalue weighted by atomic mass is 9.93. The second kappa shape index (κ2) is 6.96. The number of rotatable bonds is 2. The van der Waals surface area contributed by atoms with E-state index < -0.39 is 23.7 Å². The van der Waals surface area contributed by atoms with Crippen LogP contribution in [0.4, 0.5) is 14.9 Å². The van der Waals surface area contributed by atoms with Gasteiger partial charge >= 0.3 is 6.09 Å². The molecule has 0 spiro atoms. The third-order valence-corrected chi connectivity index (χ3v) is 5.49. The van der Waals surface area contributed by atoms with E-state index in [1.54, 1.807) is 0 Å². The Morgan fingerprint density at radius 2 is 1.59 bits per heavy atom. The zero-order valence-corrected chi connectivity index (χ0v) is 15.4. The highest BCUT2D eigenvalue weighted by Gasteiger charge is 2.41. The van der Waals surface area contributed by atoms with Gasteiger partial charge in [-0.3, -0.25) is 9.59 Å². The van der Waals surface area contributed by atoms with Crippen LogP contribution in [0.2, 0.25) is 5.02 Å². The molecule has 6 nitrogen and oxygen atoms in total. The summed E-state index contributed by atoms with van der Waals surface area (Å²) in [6, 6.07) is 2.11. The minimum atomic E-state index is -0.817. The van der Waals surface area contributed by atoms with Crippen molar-refractivity contribution in [3.63, 3.8) is 0 Å². The number of amides is 3. The first-order valence-electron chi connectivity index (χ1n) is 9.04. The summed E-state index contributed by atoms with van der Waals surface area (Å²) < 4.78 is 19.8. The molecule has 142 valence electrons. The van der Waals surface area contributed by atoms with E-state index in [4.69, 9.17) is 16.3 Å². The van der Waals surface area contributed by atoms with Crippen LogP contribution in [0.3, 0.4) is 0 Å². The lowest BCUT2D eigenvalue weighted by molar-refractivity contribution is -0.120. The smallest absolute Gasteiger partial charge is 0.409 e. The number of nitrogens with zero attached hydrogens (tertiary/aromatic N) is 2. The van der Waals surface area contributed by atoms with Gasteiger partial charge in [0.2, 0.25) is 0 Å². The zero-order valence-electron chi connectivity index (χ0n) is 14.6. The van der Waals surface area contributed by atoms with E-state index in [0.717, 1.165) is 42.7 Å². The Bertz CT molecular complexity index is 849. The van der Waals surface area contributed by atoms with Crippen LogP contribution in [0.15, 0.2) is 23.3 Å². The number of ether oxygens (including phenoxy) is 1. The second-order valence-electron chi connectivity index (χ2n) is 6.91. The first-order chi connectivity index (χ1) is 13.0. The highest BCUT2D eigenvalue weighted by Crippen LogP contribution is 2.39. The highest BCUT2D eigenvalue weighted by atomic mass is 35.5. The van der Waals surface area contributed by atoms with Crippen molar-refractivity contribution < 1.29 is 23.5 Å². The van der Waals surface area contributed by atoms with E-state index in [0.29, 0.717) is 37.1 Å². The maximum Gasteiger partial charge on any atom is 0.415 e. The van der Waals surface area contributed by atoms with E-state index in [1.165, 1.54) is 4.90 Å². The van der Waals surface area contributed by atoms with Crippen LogP contribution >= 0.6 is 11.6 Å². The molecule has 0 aromatic heterocycles. The van der Waals surface area contributed by atoms with Crippen LogP contribution in [-0.2, 0) is 9.59 Å². The fourth-order valence-electron chi connectivity index (χ4n) is 3.78. The van der Waals surface area contributed by atoms with Crippen molar-refractivity contribution in [2.45, 2.75) is 38.5 Å². The van der Waals surface area contributed by atoms with Gasteiger partial charge in [-0.05, 0) is 44.6 Å². The van der Waals surface area contributed by atoms with Crippen LogP contribution in [0.25, 0.3) is 0 Å². The number of carbonyl (C=O) groups excluding carboxylic acids is 3. The van der Waals surface area contributed by atoms with Crippen molar-refractivity contribution >= 4 is 35.2 Å². The van der Waals surface area contributed by atoms with Crippen molar-refractivity contribution in [3.8, 4) is 5.75 Å². The molecule has 0 saturated carbocycles. The molecule has 0 atom stereocenters. The maximum atomic E-state index is 14.5. The summed E-state index contributed by atoms with van der Waals surface area (Å²) in [6.07, 6.45) is 3.89. The molecule has 0 N–H and O–H groups in total. The lowest BCUT2D eigenvalue weighted by Gasteiger charge is -2.19. The molecular formula is C19H18ClFN2O4. The van der Waals surface area contributed by atoms with E-state index in [-0.39, 0.29) is 16.5 Å². The first-order valence-corrected chi connectivity index (χ1v) is 9.42. The van der Waals surface area contributed by atoms with Gasteiger partial charge in [0, 0.05) is 30.3 Å². The van der Waals surface area contributed by atoms with Crippen molar-refractivity contribution in [3.05, 3.63) is 34.1 Å². The molecule has 0 bridgehead atoms. The summed E-state index contributed by atoms with van der Waals surface area (Å²) in [5.41, 5.74) is 0.667. The Hall–Kier alpha value is -2.41. The summed E-state index contributed by atoms with van der Waals surface area (Å²) in [5.74, 6) is -1.90. The molecule has 1 fully saturated rings. The van der Waals surface area contributed by atoms with E-state index in [2.05, 4.69) is 0 Å². The van der Waals surface area contributed by atoms with Crippen molar-refractivity contribution in [1.29, 1.82) is 0 Å². The Morgan fingerprint density at radius 3 is 2.19 bits per heavy atom. The van der Waals surface area contributed by atoms with Crippen molar-refractivity contribution in [2.75, 3.05) is 18.0 Å². The number of benzene rings is 1. The minimum Gasteiger partial charge on any atom is -0.409 e. The normalized spacial score (nSPS) is 19.8. The zero-order chi connectivity index (χ0) is 19.1. The molecule has 0 radical (unpaired) electrons. The largest absolute Gasteiger partial charge is 0.415 e. The van der Waals surface area contributed by atoms with Gasteiger partial charge in [-0.2, -0.15) is 0 Å².